The molecule has 0 N–H and O–H groups in total. The van der Waals surface area contributed by atoms with Crippen LogP contribution in [0.5, 0.6) is 0 Å². The molecule has 0 aliphatic heterocycles. The van der Waals surface area contributed by atoms with Crippen LogP contribution in [0.3, 0.4) is 0 Å². The van der Waals surface area contributed by atoms with Gasteiger partial charge in [-0.1, -0.05) is 81.1 Å². The van der Waals surface area contributed by atoms with E-state index in [4.69, 9.17) is 4.74 Å². The first-order valence-electron chi connectivity index (χ1n) is 9.87. The van der Waals surface area contributed by atoms with Crippen LogP contribution in [0.15, 0.2) is 72.1 Å². The summed E-state index contributed by atoms with van der Waals surface area (Å²) < 4.78 is 4.97. The average Bonchev–Trinajstić information content (AvgIpc) is 2.73. The fourth-order valence-electron chi connectivity index (χ4n) is 2.88. The fraction of sp³-hybridized carbons (Fsp3) is 0.375. The minimum Gasteiger partial charge on any atom is -0.463 e. The third-order valence-corrected chi connectivity index (χ3v) is 5.53. The minimum atomic E-state index is -0.317. The highest BCUT2D eigenvalue weighted by Crippen LogP contribution is 2.25. The Kier molecular flexibility index (Phi) is 10.4. The van der Waals surface area contributed by atoms with Crippen molar-refractivity contribution < 1.29 is 9.53 Å². The Balaban J connectivity index is 1.47. The number of hydrogen-bond acceptors (Lipinski definition) is 3. The number of unbranched alkanes of at least 4 members (excludes halogenated alkanes) is 6. The van der Waals surface area contributed by atoms with Crippen LogP contribution in [0.2, 0.25) is 0 Å². The monoisotopic (exact) mass is 382 g/mol. The molecule has 27 heavy (non-hydrogen) atoms. The Morgan fingerprint density at radius 2 is 1.41 bits per heavy atom. The van der Waals surface area contributed by atoms with Crippen molar-refractivity contribution in [3.05, 3.63) is 67.3 Å². The Hall–Kier alpha value is -2.00. The largest absolute Gasteiger partial charge is 0.463 e. The lowest BCUT2D eigenvalue weighted by atomic mass is 10.1. The number of benzene rings is 2. The maximum atomic E-state index is 10.9. The van der Waals surface area contributed by atoms with Gasteiger partial charge >= 0.3 is 5.97 Å². The van der Waals surface area contributed by atoms with Gasteiger partial charge in [0.1, 0.15) is 0 Å². The molecule has 0 aliphatic carbocycles. The number of thioether (sulfide) groups is 1. The minimum absolute atomic E-state index is 0.317. The number of hydrogen-bond donors (Lipinski definition) is 0. The second kappa shape index (κ2) is 13.2. The summed E-state index contributed by atoms with van der Waals surface area (Å²) in [4.78, 5) is 12.2. The first-order valence-corrected chi connectivity index (χ1v) is 10.9. The van der Waals surface area contributed by atoms with Crippen LogP contribution in [0.25, 0.3) is 11.1 Å². The van der Waals surface area contributed by atoms with Crippen LogP contribution in [0.1, 0.15) is 44.9 Å². The summed E-state index contributed by atoms with van der Waals surface area (Å²) in [6.07, 6.45) is 9.64. The topological polar surface area (TPSA) is 26.3 Å². The van der Waals surface area contributed by atoms with E-state index < -0.39 is 0 Å². The highest BCUT2D eigenvalue weighted by molar-refractivity contribution is 7.99. The lowest BCUT2D eigenvalue weighted by Gasteiger charge is -2.05. The summed E-state index contributed by atoms with van der Waals surface area (Å²) in [5.41, 5.74) is 2.55. The number of esters is 1. The highest BCUT2D eigenvalue weighted by atomic mass is 32.2. The summed E-state index contributed by atoms with van der Waals surface area (Å²) in [6.45, 7) is 3.90. The van der Waals surface area contributed by atoms with Crippen LogP contribution >= 0.6 is 11.8 Å². The first-order chi connectivity index (χ1) is 13.3. The summed E-state index contributed by atoms with van der Waals surface area (Å²) in [5.74, 6) is 0.865. The third-order valence-electron chi connectivity index (χ3n) is 4.43. The van der Waals surface area contributed by atoms with Crippen molar-refractivity contribution in [3.8, 4) is 11.1 Å². The van der Waals surface area contributed by atoms with E-state index in [1.807, 2.05) is 11.8 Å². The van der Waals surface area contributed by atoms with Gasteiger partial charge < -0.3 is 4.74 Å². The zero-order chi connectivity index (χ0) is 19.2. The quantitative estimate of drug-likeness (QED) is 0.163. The lowest BCUT2D eigenvalue weighted by molar-refractivity contribution is -0.137. The van der Waals surface area contributed by atoms with E-state index in [0.717, 1.165) is 12.8 Å². The molecule has 2 nitrogen and oxygen atoms in total. The standard InChI is InChI=1S/C24H30O2S/c1-2-24(25)26-19-11-6-4-3-5-7-12-20-27-23-17-15-22(16-18-23)21-13-9-8-10-14-21/h2,8-10,13-18H,1,3-7,11-12,19-20H2. The first kappa shape index (κ1) is 21.3. The molecule has 0 saturated heterocycles. The molecule has 0 radical (unpaired) electrons. The molecule has 0 bridgehead atoms. The maximum Gasteiger partial charge on any atom is 0.330 e. The smallest absolute Gasteiger partial charge is 0.330 e. The van der Waals surface area contributed by atoms with E-state index in [1.54, 1.807) is 0 Å². The summed E-state index contributed by atoms with van der Waals surface area (Å²) in [6, 6.07) is 19.4. The van der Waals surface area contributed by atoms with Gasteiger partial charge in [0.15, 0.2) is 0 Å². The normalized spacial score (nSPS) is 10.5. The van der Waals surface area contributed by atoms with Crippen molar-refractivity contribution in [2.24, 2.45) is 0 Å². The van der Waals surface area contributed by atoms with Gasteiger partial charge in [0.2, 0.25) is 0 Å². The highest BCUT2D eigenvalue weighted by Gasteiger charge is 1.99. The number of carbonyl (C=O) groups is 1. The van der Waals surface area contributed by atoms with E-state index in [9.17, 15) is 4.79 Å². The van der Waals surface area contributed by atoms with Gasteiger partial charge in [0.05, 0.1) is 6.61 Å². The van der Waals surface area contributed by atoms with Crippen molar-refractivity contribution in [3.63, 3.8) is 0 Å². The fourth-order valence-corrected chi connectivity index (χ4v) is 3.80. The summed E-state index contributed by atoms with van der Waals surface area (Å²) in [5, 5.41) is 0. The van der Waals surface area contributed by atoms with Gasteiger partial charge in [-0.3, -0.25) is 0 Å². The molecule has 0 amide bonds. The molecular weight excluding hydrogens is 352 g/mol. The van der Waals surface area contributed by atoms with Crippen molar-refractivity contribution >= 4 is 17.7 Å². The van der Waals surface area contributed by atoms with E-state index in [-0.39, 0.29) is 5.97 Å². The van der Waals surface area contributed by atoms with E-state index in [1.165, 1.54) is 60.0 Å². The molecule has 3 heteroatoms. The molecule has 144 valence electrons. The third kappa shape index (κ3) is 8.96. The zero-order valence-electron chi connectivity index (χ0n) is 16.1. The van der Waals surface area contributed by atoms with Crippen LogP contribution < -0.4 is 0 Å². The number of ether oxygens (including phenoxy) is 1. The van der Waals surface area contributed by atoms with Crippen molar-refractivity contribution in [2.75, 3.05) is 12.4 Å². The Bertz CT molecular complexity index is 665. The van der Waals surface area contributed by atoms with E-state index in [2.05, 4.69) is 61.2 Å². The van der Waals surface area contributed by atoms with Gasteiger partial charge in [-0.15, -0.1) is 11.8 Å². The van der Waals surface area contributed by atoms with E-state index in [0.29, 0.717) is 6.61 Å². The van der Waals surface area contributed by atoms with Crippen molar-refractivity contribution in [1.29, 1.82) is 0 Å². The predicted molar refractivity (Wildman–Crippen MR) is 116 cm³/mol. The van der Waals surface area contributed by atoms with E-state index >= 15 is 0 Å². The maximum absolute atomic E-state index is 10.9. The molecule has 2 rings (SSSR count). The molecule has 0 heterocycles. The Morgan fingerprint density at radius 3 is 2.07 bits per heavy atom. The Morgan fingerprint density at radius 1 is 0.815 bits per heavy atom. The number of carbonyl (C=O) groups excluding carboxylic acids is 1. The molecule has 0 unspecified atom stereocenters. The van der Waals surface area contributed by atoms with Crippen LogP contribution in [-0.4, -0.2) is 18.3 Å². The summed E-state index contributed by atoms with van der Waals surface area (Å²) >= 11 is 1.95. The predicted octanol–water partition coefficient (Wildman–Crippen LogP) is 6.91. The van der Waals surface area contributed by atoms with Gasteiger partial charge in [-0.25, -0.2) is 4.79 Å². The van der Waals surface area contributed by atoms with Gasteiger partial charge in [0, 0.05) is 11.0 Å². The molecule has 0 aliphatic rings. The molecule has 0 aromatic heterocycles. The van der Waals surface area contributed by atoms with Crippen molar-refractivity contribution in [2.45, 2.75) is 49.8 Å². The molecule has 0 spiro atoms. The molecule has 0 atom stereocenters. The average molecular weight is 383 g/mol. The molecule has 2 aromatic carbocycles. The summed E-state index contributed by atoms with van der Waals surface area (Å²) in [7, 11) is 0. The lowest BCUT2D eigenvalue weighted by Crippen LogP contribution is -2.01. The van der Waals surface area contributed by atoms with Crippen LogP contribution in [0.4, 0.5) is 0 Å². The van der Waals surface area contributed by atoms with Gasteiger partial charge in [0.25, 0.3) is 0 Å². The second-order valence-electron chi connectivity index (χ2n) is 6.59. The van der Waals surface area contributed by atoms with Crippen molar-refractivity contribution in [1.82, 2.24) is 0 Å². The molecule has 0 saturated carbocycles. The van der Waals surface area contributed by atoms with Gasteiger partial charge in [-0.2, -0.15) is 0 Å². The molecule has 0 fully saturated rings. The van der Waals surface area contributed by atoms with Crippen LogP contribution in [0, 0.1) is 0 Å². The SMILES string of the molecule is C=CC(=O)OCCCCCCCCCSc1ccc(-c2ccccc2)cc1. The van der Waals surface area contributed by atoms with Crippen LogP contribution in [-0.2, 0) is 9.53 Å². The molecular formula is C24H30O2S. The van der Waals surface area contributed by atoms with Gasteiger partial charge in [-0.05, 0) is 41.9 Å². The Labute approximate surface area is 168 Å². The zero-order valence-corrected chi connectivity index (χ0v) is 16.9. The second-order valence-corrected chi connectivity index (χ2v) is 7.75. The molecule has 2 aromatic rings. The number of rotatable bonds is 13.